The van der Waals surface area contributed by atoms with E-state index in [1.165, 1.54) is 6.07 Å². The summed E-state index contributed by atoms with van der Waals surface area (Å²) in [4.78, 5) is 19.2. The summed E-state index contributed by atoms with van der Waals surface area (Å²) in [6.07, 6.45) is -1.79. The highest BCUT2D eigenvalue weighted by Crippen LogP contribution is 2.30. The number of hydrogen-bond donors (Lipinski definition) is 1. The zero-order valence-electron chi connectivity index (χ0n) is 12.2. The summed E-state index contributed by atoms with van der Waals surface area (Å²) >= 11 is 0. The maximum absolute atomic E-state index is 12.9. The highest BCUT2D eigenvalue weighted by atomic mass is 19.4. The lowest BCUT2D eigenvalue weighted by Crippen LogP contribution is -2.46. The van der Waals surface area contributed by atoms with E-state index >= 15 is 0 Å². The second-order valence-electron chi connectivity index (χ2n) is 5.61. The van der Waals surface area contributed by atoms with Gasteiger partial charge in [-0.05, 0) is 30.5 Å². The highest BCUT2D eigenvalue weighted by molar-refractivity contribution is 5.80. The molecular formula is C16H15F3N2O. The van der Waals surface area contributed by atoms with Crippen LogP contribution in [0.5, 0.6) is 0 Å². The molecule has 0 aliphatic carbocycles. The molecular weight excluding hydrogens is 293 g/mol. The van der Waals surface area contributed by atoms with Gasteiger partial charge in [-0.25, -0.2) is 0 Å². The predicted octanol–water partition coefficient (Wildman–Crippen LogP) is 2.38. The van der Waals surface area contributed by atoms with Crippen molar-refractivity contribution in [2.24, 2.45) is 10.9 Å². The third-order valence-corrected chi connectivity index (χ3v) is 4.11. The molecule has 0 fully saturated rings. The van der Waals surface area contributed by atoms with Crippen molar-refractivity contribution in [3.63, 3.8) is 0 Å². The lowest BCUT2D eigenvalue weighted by Gasteiger charge is -2.19. The number of pyridine rings is 1. The van der Waals surface area contributed by atoms with E-state index in [-0.39, 0.29) is 22.9 Å². The monoisotopic (exact) mass is 308 g/mol. The largest absolute Gasteiger partial charge is 0.416 e. The van der Waals surface area contributed by atoms with Crippen molar-refractivity contribution >= 4 is 17.0 Å². The van der Waals surface area contributed by atoms with Gasteiger partial charge in [-0.1, -0.05) is 19.9 Å². The first-order valence-corrected chi connectivity index (χ1v) is 7.14. The van der Waals surface area contributed by atoms with Crippen LogP contribution in [0.1, 0.15) is 25.8 Å². The van der Waals surface area contributed by atoms with Crippen molar-refractivity contribution < 1.29 is 13.2 Å². The van der Waals surface area contributed by atoms with Gasteiger partial charge in [0.25, 0.3) is 5.56 Å². The van der Waals surface area contributed by atoms with Crippen molar-refractivity contribution in [1.29, 1.82) is 0 Å². The number of aromatic amines is 1. The zero-order chi connectivity index (χ0) is 16.1. The van der Waals surface area contributed by atoms with Crippen LogP contribution in [0, 0.1) is 5.92 Å². The number of halogens is 3. The predicted molar refractivity (Wildman–Crippen MR) is 78.1 cm³/mol. The zero-order valence-corrected chi connectivity index (χ0v) is 12.2. The Kier molecular flexibility index (Phi) is 3.34. The Bertz CT molecular complexity index is 912. The molecule has 2 heterocycles. The van der Waals surface area contributed by atoms with Gasteiger partial charge >= 0.3 is 6.18 Å². The molecule has 22 heavy (non-hydrogen) atoms. The molecule has 1 aliphatic rings. The van der Waals surface area contributed by atoms with E-state index in [0.717, 1.165) is 18.6 Å². The van der Waals surface area contributed by atoms with Gasteiger partial charge in [-0.15, -0.1) is 0 Å². The topological polar surface area (TPSA) is 45.2 Å². The van der Waals surface area contributed by atoms with Crippen LogP contribution in [-0.4, -0.2) is 11.0 Å². The SMILES string of the molecule is CCC1N=c2c(=O)[nH]c3ccc(C(F)(F)F)cc3c2=CC1C. The molecule has 1 aromatic carbocycles. The third kappa shape index (κ3) is 2.32. The average molecular weight is 308 g/mol. The van der Waals surface area contributed by atoms with Crippen LogP contribution >= 0.6 is 0 Å². The van der Waals surface area contributed by atoms with Gasteiger partial charge in [0.05, 0.1) is 11.6 Å². The second kappa shape index (κ2) is 4.97. The first kappa shape index (κ1) is 14.8. The quantitative estimate of drug-likeness (QED) is 0.864. The minimum absolute atomic E-state index is 0.0168. The summed E-state index contributed by atoms with van der Waals surface area (Å²) in [5.74, 6) is 0.0806. The minimum Gasteiger partial charge on any atom is -0.320 e. The second-order valence-corrected chi connectivity index (χ2v) is 5.61. The number of benzene rings is 1. The Morgan fingerprint density at radius 2 is 2.05 bits per heavy atom. The number of nitrogens with zero attached hydrogens (tertiary/aromatic N) is 1. The van der Waals surface area contributed by atoms with Crippen LogP contribution in [0.2, 0.25) is 0 Å². The fourth-order valence-electron chi connectivity index (χ4n) is 2.90. The number of fused-ring (bicyclic) bond motifs is 3. The average Bonchev–Trinajstić information content (AvgIpc) is 2.45. The summed E-state index contributed by atoms with van der Waals surface area (Å²) in [6, 6.07) is 3.33. The Morgan fingerprint density at radius 1 is 1.32 bits per heavy atom. The van der Waals surface area contributed by atoms with Crippen LogP contribution in [0.25, 0.3) is 17.0 Å². The van der Waals surface area contributed by atoms with Gasteiger partial charge in [-0.3, -0.25) is 9.79 Å². The van der Waals surface area contributed by atoms with E-state index in [1.54, 1.807) is 0 Å². The molecule has 2 aromatic rings. The molecule has 0 radical (unpaired) electrons. The number of H-pyrrole nitrogens is 1. The molecule has 0 spiro atoms. The summed E-state index contributed by atoms with van der Waals surface area (Å²) in [7, 11) is 0. The fourth-order valence-corrected chi connectivity index (χ4v) is 2.90. The third-order valence-electron chi connectivity index (χ3n) is 4.11. The van der Waals surface area contributed by atoms with Crippen LogP contribution in [0.4, 0.5) is 13.2 Å². The number of aromatic nitrogens is 1. The molecule has 0 saturated heterocycles. The van der Waals surface area contributed by atoms with Crippen molar-refractivity contribution in [3.8, 4) is 0 Å². The van der Waals surface area contributed by atoms with E-state index in [9.17, 15) is 18.0 Å². The van der Waals surface area contributed by atoms with Gasteiger partial charge in [0.2, 0.25) is 0 Å². The van der Waals surface area contributed by atoms with E-state index in [0.29, 0.717) is 16.1 Å². The van der Waals surface area contributed by atoms with Crippen LogP contribution < -0.4 is 16.1 Å². The molecule has 3 rings (SSSR count). The lowest BCUT2D eigenvalue weighted by atomic mass is 9.95. The standard InChI is InChI=1S/C16H15F3N2O/c1-3-12-8(2)6-11-10-7-9(16(17,18)19)4-5-13(10)21-15(22)14(11)20-12/h4-8,12H,3H2,1-2H3,(H,21,22). The Hall–Kier alpha value is -2.11. The molecule has 2 atom stereocenters. The van der Waals surface area contributed by atoms with Gasteiger partial charge in [-0.2, -0.15) is 13.2 Å². The lowest BCUT2D eigenvalue weighted by molar-refractivity contribution is -0.137. The van der Waals surface area contributed by atoms with Crippen molar-refractivity contribution in [3.05, 3.63) is 44.7 Å². The minimum atomic E-state index is -4.42. The normalized spacial score (nSPS) is 21.1. The van der Waals surface area contributed by atoms with Crippen LogP contribution in [-0.2, 0) is 6.18 Å². The molecule has 3 nitrogen and oxygen atoms in total. The molecule has 6 heteroatoms. The number of nitrogens with one attached hydrogen (secondary N) is 1. The fraction of sp³-hybridized carbons (Fsp3) is 0.375. The molecule has 1 N–H and O–H groups in total. The number of hydrogen-bond acceptors (Lipinski definition) is 2. The summed E-state index contributed by atoms with van der Waals surface area (Å²) in [5, 5.41) is 1.12. The molecule has 1 aliphatic heterocycles. The molecule has 0 saturated carbocycles. The van der Waals surface area contributed by atoms with E-state index in [2.05, 4.69) is 9.98 Å². The van der Waals surface area contributed by atoms with E-state index < -0.39 is 11.7 Å². The molecule has 2 unspecified atom stereocenters. The molecule has 1 aromatic heterocycles. The van der Waals surface area contributed by atoms with Crippen molar-refractivity contribution in [1.82, 2.24) is 4.98 Å². The van der Waals surface area contributed by atoms with E-state index in [4.69, 9.17) is 0 Å². The maximum atomic E-state index is 12.9. The molecule has 116 valence electrons. The van der Waals surface area contributed by atoms with Gasteiger partial charge in [0.1, 0.15) is 5.36 Å². The first-order valence-electron chi connectivity index (χ1n) is 7.14. The van der Waals surface area contributed by atoms with Gasteiger partial charge in [0, 0.05) is 16.1 Å². The van der Waals surface area contributed by atoms with Crippen LogP contribution in [0.3, 0.4) is 0 Å². The maximum Gasteiger partial charge on any atom is 0.416 e. The highest BCUT2D eigenvalue weighted by Gasteiger charge is 2.30. The van der Waals surface area contributed by atoms with Crippen molar-refractivity contribution in [2.75, 3.05) is 0 Å². The number of rotatable bonds is 1. The number of alkyl halides is 3. The Labute approximate surface area is 124 Å². The summed E-state index contributed by atoms with van der Waals surface area (Å²) < 4.78 is 38.7. The first-order chi connectivity index (χ1) is 10.3. The van der Waals surface area contributed by atoms with Gasteiger partial charge in [0.15, 0.2) is 0 Å². The molecule has 0 amide bonds. The summed E-state index contributed by atoms with van der Waals surface area (Å²) in [5.41, 5.74) is -0.692. The van der Waals surface area contributed by atoms with Crippen molar-refractivity contribution in [2.45, 2.75) is 32.5 Å². The van der Waals surface area contributed by atoms with Gasteiger partial charge < -0.3 is 4.98 Å². The Morgan fingerprint density at radius 3 is 2.68 bits per heavy atom. The smallest absolute Gasteiger partial charge is 0.320 e. The Balaban J connectivity index is 2.42. The van der Waals surface area contributed by atoms with Crippen LogP contribution in [0.15, 0.2) is 28.0 Å². The van der Waals surface area contributed by atoms with E-state index in [1.807, 2.05) is 19.9 Å². The molecule has 0 bridgehead atoms. The summed E-state index contributed by atoms with van der Waals surface area (Å²) in [6.45, 7) is 3.93.